The number of likely N-dealkylation sites (tertiary alicyclic amines) is 1. The Hall–Kier alpha value is -1.24. The largest absolute Gasteiger partial charge is 0.340 e. The minimum atomic E-state index is -0.0402. The number of nitrogens with two attached hydrogens (primary N) is 1. The molecule has 3 N–H and O–H groups in total. The summed E-state index contributed by atoms with van der Waals surface area (Å²) >= 11 is 12.0. The zero-order valence-electron chi connectivity index (χ0n) is 13.8. The Labute approximate surface area is 175 Å². The lowest BCUT2D eigenvalue weighted by molar-refractivity contribution is 0.0788. The van der Waals surface area contributed by atoms with Gasteiger partial charge in [-0.25, -0.2) is 4.98 Å². The minimum absolute atomic E-state index is 0. The van der Waals surface area contributed by atoms with Crippen LogP contribution in [-0.2, 0) is 0 Å². The second kappa shape index (κ2) is 10.2. The van der Waals surface area contributed by atoms with E-state index in [9.17, 15) is 4.79 Å². The summed E-state index contributed by atoms with van der Waals surface area (Å²) < 4.78 is 0. The number of hydrogen-bond donors (Lipinski definition) is 2. The minimum Gasteiger partial charge on any atom is -0.340 e. The first-order chi connectivity index (χ1) is 11.6. The molecule has 1 aliphatic rings. The lowest BCUT2D eigenvalue weighted by Crippen LogP contribution is -2.30. The predicted octanol–water partition coefficient (Wildman–Crippen LogP) is 4.40. The number of amides is 1. The van der Waals surface area contributed by atoms with Gasteiger partial charge in [-0.1, -0.05) is 23.2 Å². The van der Waals surface area contributed by atoms with Crippen LogP contribution in [0.3, 0.4) is 0 Å². The molecular weight excluding hydrogens is 418 g/mol. The van der Waals surface area contributed by atoms with E-state index in [1.165, 1.54) is 0 Å². The van der Waals surface area contributed by atoms with Crippen LogP contribution in [0.25, 0.3) is 0 Å². The fraction of sp³-hybridized carbons (Fsp3) is 0.294. The molecule has 0 saturated carbocycles. The van der Waals surface area contributed by atoms with E-state index >= 15 is 0 Å². The Bertz CT molecular complexity index is 759. The number of anilines is 2. The molecule has 2 heterocycles. The van der Waals surface area contributed by atoms with Gasteiger partial charge in [0.25, 0.3) is 5.91 Å². The number of nitrogens with one attached hydrogen (secondary N) is 1. The number of nitrogens with zero attached hydrogens (tertiary/aromatic N) is 2. The Morgan fingerprint density at radius 3 is 2.69 bits per heavy atom. The van der Waals surface area contributed by atoms with E-state index in [4.69, 9.17) is 28.9 Å². The molecule has 1 atom stereocenters. The van der Waals surface area contributed by atoms with Crippen LogP contribution in [0.4, 0.5) is 11.5 Å². The van der Waals surface area contributed by atoms with Gasteiger partial charge in [0, 0.05) is 25.0 Å². The van der Waals surface area contributed by atoms with Crippen LogP contribution in [0.1, 0.15) is 16.8 Å². The highest BCUT2D eigenvalue weighted by atomic mass is 35.5. The van der Waals surface area contributed by atoms with Gasteiger partial charge in [0.05, 0.1) is 15.6 Å². The second-order valence-corrected chi connectivity index (χ2v) is 6.61. The van der Waals surface area contributed by atoms with Gasteiger partial charge in [-0.2, -0.15) is 0 Å². The van der Waals surface area contributed by atoms with Gasteiger partial charge < -0.3 is 16.0 Å². The van der Waals surface area contributed by atoms with Crippen molar-refractivity contribution < 1.29 is 4.79 Å². The van der Waals surface area contributed by atoms with Gasteiger partial charge in [0.1, 0.15) is 5.82 Å². The van der Waals surface area contributed by atoms with Gasteiger partial charge in [-0.3, -0.25) is 4.79 Å². The molecule has 1 fully saturated rings. The van der Waals surface area contributed by atoms with Crippen molar-refractivity contribution in [3.05, 3.63) is 52.1 Å². The van der Waals surface area contributed by atoms with Crippen LogP contribution in [0, 0.1) is 5.92 Å². The molecule has 5 nitrogen and oxygen atoms in total. The molecule has 1 saturated heterocycles. The SMILES string of the molecule is Cl.Cl.NCC1CCN(C(=O)c2cccnc2Nc2ccc(Cl)c(Cl)c2)C1. The molecular formula is C17H20Cl4N4O. The van der Waals surface area contributed by atoms with E-state index in [1.54, 1.807) is 36.5 Å². The lowest BCUT2D eigenvalue weighted by Gasteiger charge is -2.18. The summed E-state index contributed by atoms with van der Waals surface area (Å²) in [5, 5.41) is 4.06. The molecule has 26 heavy (non-hydrogen) atoms. The quantitative estimate of drug-likeness (QED) is 0.743. The molecule has 3 rings (SSSR count). The van der Waals surface area contributed by atoms with Gasteiger partial charge in [-0.15, -0.1) is 24.8 Å². The molecule has 0 bridgehead atoms. The summed E-state index contributed by atoms with van der Waals surface area (Å²) in [6.07, 6.45) is 2.58. The molecule has 0 spiro atoms. The monoisotopic (exact) mass is 436 g/mol. The van der Waals surface area contributed by atoms with Crippen LogP contribution in [-0.4, -0.2) is 35.4 Å². The molecule has 1 aromatic carbocycles. The number of aromatic nitrogens is 1. The molecule has 1 amide bonds. The average molecular weight is 438 g/mol. The molecule has 0 aliphatic carbocycles. The van der Waals surface area contributed by atoms with Crippen molar-refractivity contribution in [2.75, 3.05) is 25.0 Å². The highest BCUT2D eigenvalue weighted by Crippen LogP contribution is 2.28. The zero-order valence-corrected chi connectivity index (χ0v) is 17.0. The number of hydrogen-bond acceptors (Lipinski definition) is 4. The van der Waals surface area contributed by atoms with Crippen LogP contribution in [0.5, 0.6) is 0 Å². The summed E-state index contributed by atoms with van der Waals surface area (Å²) in [4.78, 5) is 18.9. The maximum absolute atomic E-state index is 12.8. The topological polar surface area (TPSA) is 71.2 Å². The van der Waals surface area contributed by atoms with Gasteiger partial charge in [0.2, 0.25) is 0 Å². The first-order valence-electron chi connectivity index (χ1n) is 7.75. The number of carbonyl (C=O) groups is 1. The molecule has 2 aromatic rings. The Balaban J connectivity index is 0.00000169. The molecule has 1 aliphatic heterocycles. The normalized spacial score (nSPS) is 15.8. The van der Waals surface area contributed by atoms with Crippen LogP contribution in [0.2, 0.25) is 10.0 Å². The fourth-order valence-corrected chi connectivity index (χ4v) is 3.07. The Morgan fingerprint density at radius 1 is 1.27 bits per heavy atom. The third-order valence-corrected chi connectivity index (χ3v) is 4.87. The smallest absolute Gasteiger partial charge is 0.257 e. The molecule has 1 unspecified atom stereocenters. The van der Waals surface area contributed by atoms with Crippen molar-refractivity contribution in [3.63, 3.8) is 0 Å². The number of halogens is 4. The van der Waals surface area contributed by atoms with Gasteiger partial charge in [0.15, 0.2) is 0 Å². The third-order valence-electron chi connectivity index (χ3n) is 4.13. The third kappa shape index (κ3) is 5.15. The van der Waals surface area contributed by atoms with E-state index in [0.717, 1.165) is 18.7 Å². The Morgan fingerprint density at radius 2 is 2.04 bits per heavy atom. The molecule has 0 radical (unpaired) electrons. The first-order valence-corrected chi connectivity index (χ1v) is 8.50. The standard InChI is InChI=1S/C17H18Cl2N4O.2ClH/c18-14-4-3-12(8-15(14)19)22-16-13(2-1-6-21-16)17(24)23-7-5-11(9-20)10-23;;/h1-4,6,8,11H,5,7,9-10,20H2,(H,21,22);2*1H. The van der Waals surface area contributed by atoms with Gasteiger partial charge >= 0.3 is 0 Å². The van der Waals surface area contributed by atoms with E-state index in [2.05, 4.69) is 10.3 Å². The number of carbonyl (C=O) groups excluding carboxylic acids is 1. The van der Waals surface area contributed by atoms with Crippen LogP contribution < -0.4 is 11.1 Å². The van der Waals surface area contributed by atoms with Crippen molar-refractivity contribution in [3.8, 4) is 0 Å². The van der Waals surface area contributed by atoms with Crippen molar-refractivity contribution in [2.24, 2.45) is 11.7 Å². The summed E-state index contributed by atoms with van der Waals surface area (Å²) in [6.45, 7) is 2.02. The van der Waals surface area contributed by atoms with E-state index < -0.39 is 0 Å². The first kappa shape index (κ1) is 22.8. The molecule has 142 valence electrons. The Kier molecular flexibility index (Phi) is 8.93. The number of benzene rings is 1. The van der Waals surface area contributed by atoms with Gasteiger partial charge in [-0.05, 0) is 49.2 Å². The maximum atomic E-state index is 12.8. The van der Waals surface area contributed by atoms with Crippen LogP contribution >= 0.6 is 48.0 Å². The number of rotatable bonds is 4. The summed E-state index contributed by atoms with van der Waals surface area (Å²) in [7, 11) is 0. The fourth-order valence-electron chi connectivity index (χ4n) is 2.77. The zero-order chi connectivity index (χ0) is 17.1. The molecule has 9 heteroatoms. The van der Waals surface area contributed by atoms with Crippen molar-refractivity contribution in [1.29, 1.82) is 0 Å². The predicted molar refractivity (Wildman–Crippen MR) is 112 cm³/mol. The van der Waals surface area contributed by atoms with Crippen molar-refractivity contribution in [2.45, 2.75) is 6.42 Å². The summed E-state index contributed by atoms with van der Waals surface area (Å²) in [5.41, 5.74) is 6.96. The summed E-state index contributed by atoms with van der Waals surface area (Å²) in [6, 6.07) is 8.71. The highest BCUT2D eigenvalue weighted by Gasteiger charge is 2.27. The highest BCUT2D eigenvalue weighted by molar-refractivity contribution is 6.42. The average Bonchev–Trinajstić information content (AvgIpc) is 3.07. The molecule has 1 aromatic heterocycles. The van der Waals surface area contributed by atoms with Crippen molar-refractivity contribution >= 4 is 65.4 Å². The van der Waals surface area contributed by atoms with E-state index in [1.807, 2.05) is 4.90 Å². The lowest BCUT2D eigenvalue weighted by atomic mass is 10.1. The number of pyridine rings is 1. The summed E-state index contributed by atoms with van der Waals surface area (Å²) in [5.74, 6) is 0.829. The van der Waals surface area contributed by atoms with Crippen LogP contribution in [0.15, 0.2) is 36.5 Å². The van der Waals surface area contributed by atoms with E-state index in [-0.39, 0.29) is 30.7 Å². The van der Waals surface area contributed by atoms with E-state index in [0.29, 0.717) is 40.4 Å². The van der Waals surface area contributed by atoms with Crippen molar-refractivity contribution in [1.82, 2.24) is 9.88 Å². The maximum Gasteiger partial charge on any atom is 0.257 e. The second-order valence-electron chi connectivity index (χ2n) is 5.80.